The van der Waals surface area contributed by atoms with Gasteiger partial charge in [0.1, 0.15) is 0 Å². The van der Waals surface area contributed by atoms with Crippen LogP contribution < -0.4 is 0 Å². The molecule has 2 rings (SSSR count). The molecule has 0 radical (unpaired) electrons. The van der Waals surface area contributed by atoms with E-state index in [4.69, 9.17) is 11.6 Å². The number of hydrogen-bond donors (Lipinski definition) is 0. The van der Waals surface area contributed by atoms with Crippen LogP contribution in [0.25, 0.3) is 0 Å². The molecule has 0 bridgehead atoms. The second kappa shape index (κ2) is 4.70. The zero-order valence-corrected chi connectivity index (χ0v) is 10.1. The standard InChI is InChI=1S/C12H8ClF3S/c13-11(10-2-1-7-17-10)8-3-5-9(6-4-8)12(14,15)16/h1-7,11H. The minimum absolute atomic E-state index is 0.391. The summed E-state index contributed by atoms with van der Waals surface area (Å²) in [5.41, 5.74) is 0.0124. The van der Waals surface area contributed by atoms with E-state index in [2.05, 4.69) is 0 Å². The first-order chi connectivity index (χ1) is 7.98. The van der Waals surface area contributed by atoms with E-state index >= 15 is 0 Å². The van der Waals surface area contributed by atoms with E-state index in [9.17, 15) is 13.2 Å². The number of hydrogen-bond acceptors (Lipinski definition) is 1. The Morgan fingerprint density at radius 1 is 1.06 bits per heavy atom. The van der Waals surface area contributed by atoms with Crippen molar-refractivity contribution >= 4 is 22.9 Å². The number of rotatable bonds is 2. The zero-order chi connectivity index (χ0) is 12.5. The molecule has 1 atom stereocenters. The lowest BCUT2D eigenvalue weighted by Crippen LogP contribution is -2.04. The van der Waals surface area contributed by atoms with Gasteiger partial charge in [0.15, 0.2) is 0 Å². The van der Waals surface area contributed by atoms with Gasteiger partial charge in [0.05, 0.1) is 10.9 Å². The molecule has 2 aromatic rings. The van der Waals surface area contributed by atoms with Crippen LogP contribution in [0.1, 0.15) is 21.4 Å². The van der Waals surface area contributed by atoms with Crippen molar-refractivity contribution in [2.75, 3.05) is 0 Å². The van der Waals surface area contributed by atoms with E-state index in [1.807, 2.05) is 17.5 Å². The van der Waals surface area contributed by atoms with Crippen molar-refractivity contribution in [1.82, 2.24) is 0 Å². The fourth-order valence-corrected chi connectivity index (χ4v) is 2.54. The Kier molecular flexibility index (Phi) is 3.45. The highest BCUT2D eigenvalue weighted by Crippen LogP contribution is 2.34. The van der Waals surface area contributed by atoms with Crippen LogP contribution in [0.4, 0.5) is 13.2 Å². The molecule has 0 nitrogen and oxygen atoms in total. The molecular formula is C12H8ClF3S. The maximum Gasteiger partial charge on any atom is 0.416 e. The van der Waals surface area contributed by atoms with Crippen molar-refractivity contribution < 1.29 is 13.2 Å². The lowest BCUT2D eigenvalue weighted by atomic mass is 10.1. The molecule has 0 spiro atoms. The van der Waals surface area contributed by atoms with Gasteiger partial charge in [-0.1, -0.05) is 18.2 Å². The van der Waals surface area contributed by atoms with Crippen molar-refractivity contribution in [3.8, 4) is 0 Å². The van der Waals surface area contributed by atoms with Crippen molar-refractivity contribution in [3.63, 3.8) is 0 Å². The molecule has 1 unspecified atom stereocenters. The molecule has 0 fully saturated rings. The van der Waals surface area contributed by atoms with Crippen molar-refractivity contribution in [3.05, 3.63) is 57.8 Å². The fourth-order valence-electron chi connectivity index (χ4n) is 1.44. The average Bonchev–Trinajstić information content (AvgIpc) is 2.80. The highest BCUT2D eigenvalue weighted by Gasteiger charge is 2.30. The maximum atomic E-state index is 12.4. The van der Waals surface area contributed by atoms with E-state index in [-0.39, 0.29) is 0 Å². The van der Waals surface area contributed by atoms with Crippen LogP contribution in [0.5, 0.6) is 0 Å². The molecule has 1 aromatic carbocycles. The first-order valence-corrected chi connectivity index (χ1v) is 6.15. The van der Waals surface area contributed by atoms with Crippen molar-refractivity contribution in [2.45, 2.75) is 11.6 Å². The smallest absolute Gasteiger partial charge is 0.166 e. The first-order valence-electron chi connectivity index (χ1n) is 4.83. The molecule has 0 saturated carbocycles. The molecular weight excluding hydrogens is 269 g/mol. The summed E-state index contributed by atoms with van der Waals surface area (Å²) < 4.78 is 37.1. The minimum atomic E-state index is -4.30. The molecule has 0 aliphatic rings. The monoisotopic (exact) mass is 276 g/mol. The molecule has 0 N–H and O–H groups in total. The lowest BCUT2D eigenvalue weighted by molar-refractivity contribution is -0.137. The second-order valence-electron chi connectivity index (χ2n) is 3.50. The van der Waals surface area contributed by atoms with Gasteiger partial charge in [0.2, 0.25) is 0 Å². The van der Waals surface area contributed by atoms with E-state index in [1.54, 1.807) is 0 Å². The van der Waals surface area contributed by atoms with Gasteiger partial charge in [0.25, 0.3) is 0 Å². The Labute approximate surface area is 106 Å². The quantitative estimate of drug-likeness (QED) is 0.670. The maximum absolute atomic E-state index is 12.4. The largest absolute Gasteiger partial charge is 0.416 e. The van der Waals surface area contributed by atoms with Gasteiger partial charge in [-0.25, -0.2) is 0 Å². The number of benzene rings is 1. The first kappa shape index (κ1) is 12.5. The molecule has 5 heteroatoms. The van der Waals surface area contributed by atoms with Crippen molar-refractivity contribution in [2.24, 2.45) is 0 Å². The SMILES string of the molecule is FC(F)(F)c1ccc(C(Cl)c2cccs2)cc1. The molecule has 0 aliphatic heterocycles. The van der Waals surface area contributed by atoms with Gasteiger partial charge < -0.3 is 0 Å². The average molecular weight is 277 g/mol. The molecule has 90 valence electrons. The van der Waals surface area contributed by atoms with Gasteiger partial charge in [-0.15, -0.1) is 22.9 Å². The van der Waals surface area contributed by atoms with Crippen molar-refractivity contribution in [1.29, 1.82) is 0 Å². The van der Waals surface area contributed by atoms with E-state index in [1.165, 1.54) is 23.5 Å². The normalized spacial score (nSPS) is 13.6. The van der Waals surface area contributed by atoms with Gasteiger partial charge in [-0.3, -0.25) is 0 Å². The third-order valence-corrected chi connectivity index (χ3v) is 3.88. The Morgan fingerprint density at radius 2 is 1.71 bits per heavy atom. The van der Waals surface area contributed by atoms with E-state index < -0.39 is 17.1 Å². The summed E-state index contributed by atoms with van der Waals surface area (Å²) in [4.78, 5) is 0.923. The third-order valence-electron chi connectivity index (χ3n) is 2.32. The second-order valence-corrected chi connectivity index (χ2v) is 4.91. The van der Waals surface area contributed by atoms with Crippen LogP contribution >= 0.6 is 22.9 Å². The van der Waals surface area contributed by atoms with Gasteiger partial charge >= 0.3 is 6.18 Å². The summed E-state index contributed by atoms with van der Waals surface area (Å²) in [5, 5.41) is 1.49. The van der Waals surface area contributed by atoms with Crippen LogP contribution in [0, 0.1) is 0 Å². The van der Waals surface area contributed by atoms with Crippen LogP contribution in [-0.2, 0) is 6.18 Å². The Balaban J connectivity index is 2.24. The predicted octanol–water partition coefficient (Wildman–Crippen LogP) is 5.10. The lowest BCUT2D eigenvalue weighted by Gasteiger charge is -2.10. The highest BCUT2D eigenvalue weighted by molar-refractivity contribution is 7.10. The summed E-state index contributed by atoms with van der Waals surface area (Å²) in [6.45, 7) is 0. The number of thiophene rings is 1. The Morgan fingerprint density at radius 3 is 2.18 bits per heavy atom. The minimum Gasteiger partial charge on any atom is -0.166 e. The van der Waals surface area contributed by atoms with Crippen LogP contribution in [0.15, 0.2) is 41.8 Å². The van der Waals surface area contributed by atoms with Gasteiger partial charge in [-0.05, 0) is 29.1 Å². The molecule has 0 amide bonds. The third kappa shape index (κ3) is 2.82. The van der Waals surface area contributed by atoms with E-state index in [0.717, 1.165) is 17.0 Å². The summed E-state index contributed by atoms with van der Waals surface area (Å²) >= 11 is 7.65. The van der Waals surface area contributed by atoms with Crippen LogP contribution in [0.2, 0.25) is 0 Å². The zero-order valence-electron chi connectivity index (χ0n) is 8.54. The summed E-state index contributed by atoms with van der Waals surface area (Å²) in [5.74, 6) is 0. The Bertz CT molecular complexity index is 473. The molecule has 17 heavy (non-hydrogen) atoms. The summed E-state index contributed by atoms with van der Waals surface area (Å²) in [6, 6.07) is 8.66. The van der Waals surface area contributed by atoms with E-state index in [0.29, 0.717) is 5.56 Å². The fraction of sp³-hybridized carbons (Fsp3) is 0.167. The van der Waals surface area contributed by atoms with Gasteiger partial charge in [-0.2, -0.15) is 13.2 Å². The molecule has 0 aliphatic carbocycles. The molecule has 0 saturated heterocycles. The van der Waals surface area contributed by atoms with Crippen LogP contribution in [-0.4, -0.2) is 0 Å². The topological polar surface area (TPSA) is 0 Å². The number of halogens is 4. The van der Waals surface area contributed by atoms with Gasteiger partial charge in [0, 0.05) is 4.88 Å². The van der Waals surface area contributed by atoms with Crippen LogP contribution in [0.3, 0.4) is 0 Å². The molecule has 1 aromatic heterocycles. The molecule has 1 heterocycles. The summed E-state index contributed by atoms with van der Waals surface area (Å²) in [7, 11) is 0. The Hall–Kier alpha value is -1.00. The summed E-state index contributed by atoms with van der Waals surface area (Å²) in [6.07, 6.45) is -4.30. The predicted molar refractivity (Wildman–Crippen MR) is 63.5 cm³/mol. The number of alkyl halides is 4. The highest BCUT2D eigenvalue weighted by atomic mass is 35.5.